The maximum atomic E-state index is 13.4. The number of carbonyl (C=O) groups excluding carboxylic acids is 2. The Kier molecular flexibility index (Phi) is 9.73. The number of ether oxygens (including phenoxy) is 1. The normalized spacial score (nSPS) is 13.3. The van der Waals surface area contributed by atoms with Gasteiger partial charge in [0.25, 0.3) is 0 Å². The highest BCUT2D eigenvalue weighted by atomic mass is 19.4. The smallest absolute Gasteiger partial charge is 0.418 e. The third kappa shape index (κ3) is 7.82. The minimum absolute atomic E-state index is 0.0888. The molecule has 37 heavy (non-hydrogen) atoms. The molecule has 0 unspecified atom stereocenters. The molecule has 0 aliphatic carbocycles. The van der Waals surface area contributed by atoms with Gasteiger partial charge in [0.15, 0.2) is 0 Å². The lowest BCUT2D eigenvalue weighted by molar-refractivity contribution is -0.140. The van der Waals surface area contributed by atoms with E-state index in [0.29, 0.717) is 32.7 Å². The van der Waals surface area contributed by atoms with Crippen LogP contribution in [0, 0.1) is 5.92 Å². The van der Waals surface area contributed by atoms with E-state index in [0.717, 1.165) is 22.9 Å². The number of nitrogens with zero attached hydrogens (tertiary/aromatic N) is 3. The zero-order valence-corrected chi connectivity index (χ0v) is 21.4. The van der Waals surface area contributed by atoms with Crippen molar-refractivity contribution in [2.45, 2.75) is 39.5 Å². The number of halogens is 3. The number of aromatic nitrogens is 1. The number of alkyl halides is 3. The van der Waals surface area contributed by atoms with Crippen LogP contribution in [-0.2, 0) is 35.2 Å². The van der Waals surface area contributed by atoms with E-state index in [1.54, 1.807) is 11.9 Å². The lowest BCUT2D eigenvalue weighted by Crippen LogP contribution is -2.40. The number of pyridine rings is 1. The molecule has 1 aromatic carbocycles. The number of rotatable bonds is 10. The highest BCUT2D eigenvalue weighted by molar-refractivity contribution is 5.81. The van der Waals surface area contributed by atoms with Crippen molar-refractivity contribution in [1.82, 2.24) is 20.1 Å². The van der Waals surface area contributed by atoms with Crippen molar-refractivity contribution in [3.05, 3.63) is 58.9 Å². The fraction of sp³-hybridized carbons (Fsp3) is 0.500. The molecule has 0 spiro atoms. The monoisotopic (exact) mass is 521 g/mol. The largest absolute Gasteiger partial charge is 0.449 e. The summed E-state index contributed by atoms with van der Waals surface area (Å²) in [5.41, 5.74) is 1.69. The van der Waals surface area contributed by atoms with Gasteiger partial charge >= 0.3 is 12.3 Å². The van der Waals surface area contributed by atoms with Crippen molar-refractivity contribution in [1.29, 1.82) is 0 Å². The van der Waals surface area contributed by atoms with Crippen molar-refractivity contribution in [2.24, 2.45) is 5.92 Å². The first-order chi connectivity index (χ1) is 17.6. The Morgan fingerprint density at radius 3 is 2.70 bits per heavy atom. The zero-order valence-electron chi connectivity index (χ0n) is 21.4. The number of hydrogen-bond acceptors (Lipinski definition) is 6. The third-order valence-electron chi connectivity index (χ3n) is 6.02. The van der Waals surface area contributed by atoms with Crippen LogP contribution in [0.1, 0.15) is 36.2 Å². The lowest BCUT2D eigenvalue weighted by Gasteiger charge is -2.30. The van der Waals surface area contributed by atoms with Gasteiger partial charge in [0.1, 0.15) is 0 Å². The van der Waals surface area contributed by atoms with E-state index < -0.39 is 11.7 Å². The lowest BCUT2D eigenvalue weighted by atomic mass is 9.98. The van der Waals surface area contributed by atoms with Crippen molar-refractivity contribution >= 4 is 17.7 Å². The predicted octanol–water partition coefficient (Wildman–Crippen LogP) is 3.91. The molecule has 2 aromatic rings. The average Bonchev–Trinajstić information content (AvgIpc) is 2.87. The second kappa shape index (κ2) is 12.8. The van der Waals surface area contributed by atoms with E-state index in [4.69, 9.17) is 4.74 Å². The van der Waals surface area contributed by atoms with Gasteiger partial charge in [-0.2, -0.15) is 13.2 Å². The van der Waals surface area contributed by atoms with Crippen molar-refractivity contribution in [2.75, 3.05) is 45.2 Å². The quantitative estimate of drug-likeness (QED) is 0.493. The van der Waals surface area contributed by atoms with Crippen LogP contribution in [0.25, 0.3) is 0 Å². The summed E-state index contributed by atoms with van der Waals surface area (Å²) < 4.78 is 45.7. The summed E-state index contributed by atoms with van der Waals surface area (Å²) in [4.78, 5) is 32.4. The summed E-state index contributed by atoms with van der Waals surface area (Å²) in [6.45, 7) is 5.52. The summed E-state index contributed by atoms with van der Waals surface area (Å²) in [5.74, 6) is -0.0962. The SMILES string of the molecule is CNCCN(Cc1ncccc1C(F)(F)F)C(=O)CNc1cccc2c1CCN(C(=O)OCC(C)C)C2. The number of anilines is 1. The number of benzene rings is 1. The van der Waals surface area contributed by atoms with Gasteiger partial charge in [-0.3, -0.25) is 9.78 Å². The topological polar surface area (TPSA) is 86.8 Å². The minimum Gasteiger partial charge on any atom is -0.449 e. The number of hydrogen-bond donors (Lipinski definition) is 2. The number of nitrogens with one attached hydrogen (secondary N) is 2. The molecule has 0 saturated carbocycles. The van der Waals surface area contributed by atoms with Gasteiger partial charge in [-0.15, -0.1) is 0 Å². The highest BCUT2D eigenvalue weighted by Gasteiger charge is 2.34. The standard InChI is InChI=1S/C26H34F3N5O3/c1-18(2)17-37-25(36)34-12-9-20-19(15-34)6-4-8-22(20)32-14-24(35)33(13-11-30-3)16-23-21(26(27,28)29)7-5-10-31-23/h4-8,10,18,30,32H,9,11-17H2,1-3H3. The van der Waals surface area contributed by atoms with Gasteiger partial charge in [0, 0.05) is 38.1 Å². The van der Waals surface area contributed by atoms with Crippen molar-refractivity contribution in [3.63, 3.8) is 0 Å². The van der Waals surface area contributed by atoms with Crippen LogP contribution >= 0.6 is 0 Å². The first-order valence-electron chi connectivity index (χ1n) is 12.3. The molecule has 0 radical (unpaired) electrons. The van der Waals surface area contributed by atoms with Gasteiger partial charge in [0.2, 0.25) is 5.91 Å². The molecule has 0 atom stereocenters. The van der Waals surface area contributed by atoms with E-state index in [-0.39, 0.29) is 43.2 Å². The number of amides is 2. The molecule has 0 fully saturated rings. The predicted molar refractivity (Wildman–Crippen MR) is 134 cm³/mol. The van der Waals surface area contributed by atoms with E-state index in [2.05, 4.69) is 15.6 Å². The van der Waals surface area contributed by atoms with Crippen LogP contribution in [0.4, 0.5) is 23.7 Å². The van der Waals surface area contributed by atoms with Crippen LogP contribution in [0.2, 0.25) is 0 Å². The first-order valence-corrected chi connectivity index (χ1v) is 12.3. The van der Waals surface area contributed by atoms with Crippen LogP contribution < -0.4 is 10.6 Å². The molecule has 3 rings (SSSR count). The summed E-state index contributed by atoms with van der Waals surface area (Å²) >= 11 is 0. The summed E-state index contributed by atoms with van der Waals surface area (Å²) in [6, 6.07) is 7.84. The Labute approximate surface area is 215 Å². The Morgan fingerprint density at radius 2 is 2.00 bits per heavy atom. The summed E-state index contributed by atoms with van der Waals surface area (Å²) in [7, 11) is 1.71. The van der Waals surface area contributed by atoms with Crippen molar-refractivity contribution in [3.8, 4) is 0 Å². The van der Waals surface area contributed by atoms with Gasteiger partial charge in [-0.05, 0) is 48.7 Å². The molecule has 2 heterocycles. The van der Waals surface area contributed by atoms with Gasteiger partial charge in [0.05, 0.1) is 31.0 Å². The second-order valence-corrected chi connectivity index (χ2v) is 9.35. The maximum Gasteiger partial charge on any atom is 0.418 e. The maximum absolute atomic E-state index is 13.4. The van der Waals surface area contributed by atoms with Crippen LogP contribution in [0.3, 0.4) is 0 Å². The molecule has 2 amide bonds. The minimum atomic E-state index is -4.56. The Hall–Kier alpha value is -3.34. The molecule has 2 N–H and O–H groups in total. The summed E-state index contributed by atoms with van der Waals surface area (Å²) in [5, 5.41) is 6.08. The van der Waals surface area contributed by atoms with Crippen LogP contribution in [0.15, 0.2) is 36.5 Å². The highest BCUT2D eigenvalue weighted by Crippen LogP contribution is 2.31. The zero-order chi connectivity index (χ0) is 27.0. The molecule has 0 saturated heterocycles. The van der Waals surface area contributed by atoms with Crippen molar-refractivity contribution < 1.29 is 27.5 Å². The molecule has 8 nitrogen and oxygen atoms in total. The Balaban J connectivity index is 1.68. The first kappa shape index (κ1) is 28.2. The number of likely N-dealkylation sites (N-methyl/N-ethyl adjacent to an activating group) is 1. The molecule has 0 bridgehead atoms. The molecule has 11 heteroatoms. The summed E-state index contributed by atoms with van der Waals surface area (Å²) in [6.07, 6.45) is -3.02. The second-order valence-electron chi connectivity index (χ2n) is 9.35. The molecule has 1 aliphatic heterocycles. The third-order valence-corrected chi connectivity index (χ3v) is 6.02. The number of carbonyl (C=O) groups is 2. The molecular formula is C26H34F3N5O3. The Bertz CT molecular complexity index is 1080. The average molecular weight is 522 g/mol. The van der Waals surface area contributed by atoms with Gasteiger partial charge < -0.3 is 25.2 Å². The van der Waals surface area contributed by atoms with Crippen LogP contribution in [0.5, 0.6) is 0 Å². The molecule has 1 aliphatic rings. The molecular weight excluding hydrogens is 487 g/mol. The number of fused-ring (bicyclic) bond motifs is 1. The van der Waals surface area contributed by atoms with Gasteiger partial charge in [-0.1, -0.05) is 26.0 Å². The van der Waals surface area contributed by atoms with E-state index in [9.17, 15) is 22.8 Å². The fourth-order valence-electron chi connectivity index (χ4n) is 4.08. The van der Waals surface area contributed by atoms with Gasteiger partial charge in [-0.25, -0.2) is 4.79 Å². The van der Waals surface area contributed by atoms with Crippen LogP contribution in [-0.4, -0.2) is 66.6 Å². The van der Waals surface area contributed by atoms with E-state index in [1.165, 1.54) is 17.2 Å². The fourth-order valence-corrected chi connectivity index (χ4v) is 4.08. The van der Waals surface area contributed by atoms with E-state index in [1.807, 2.05) is 32.0 Å². The molecule has 202 valence electrons. The Morgan fingerprint density at radius 1 is 1.22 bits per heavy atom. The van der Waals surface area contributed by atoms with E-state index >= 15 is 0 Å². The molecule has 1 aromatic heterocycles.